The fourth-order valence-corrected chi connectivity index (χ4v) is 6.56. The van der Waals surface area contributed by atoms with Crippen molar-refractivity contribution in [2.24, 2.45) is 17.3 Å². The van der Waals surface area contributed by atoms with Gasteiger partial charge in [0.05, 0.1) is 12.2 Å². The van der Waals surface area contributed by atoms with Gasteiger partial charge in [-0.1, -0.05) is 42.8 Å². The lowest BCUT2D eigenvalue weighted by molar-refractivity contribution is -0.513. The number of rotatable bonds is 8. The number of carbonyl (C=O) groups excluding carboxylic acids is 1. The molecule has 3 atom stereocenters. The van der Waals surface area contributed by atoms with Crippen LogP contribution in [-0.2, 0) is 0 Å². The Bertz CT molecular complexity index is 1190. The van der Waals surface area contributed by atoms with Crippen molar-refractivity contribution in [1.29, 1.82) is 5.41 Å². The molecule has 200 valence electrons. The van der Waals surface area contributed by atoms with E-state index < -0.39 is 0 Å². The topological polar surface area (TPSA) is 106 Å². The molecule has 2 heterocycles. The lowest BCUT2D eigenvalue weighted by Gasteiger charge is -2.38. The maximum Gasteiger partial charge on any atom is 0.317 e. The van der Waals surface area contributed by atoms with Crippen LogP contribution in [0.2, 0.25) is 0 Å². The quantitative estimate of drug-likeness (QED) is 0.391. The van der Waals surface area contributed by atoms with Gasteiger partial charge in [0.2, 0.25) is 0 Å². The zero-order chi connectivity index (χ0) is 26.5. The van der Waals surface area contributed by atoms with Crippen LogP contribution < -0.4 is 10.6 Å². The second-order valence-corrected chi connectivity index (χ2v) is 11.3. The number of likely N-dealkylation sites (tertiary alicyclic amines) is 1. The van der Waals surface area contributed by atoms with E-state index in [1.54, 1.807) is 6.20 Å². The van der Waals surface area contributed by atoms with Gasteiger partial charge in [0.1, 0.15) is 5.70 Å². The number of nitrogens with two attached hydrogens (primary N) is 1. The highest BCUT2D eigenvalue weighted by atomic mass is 16.3. The number of amides is 2. The molecule has 1 unspecified atom stereocenters. The number of benzene rings is 1. The maximum atomic E-state index is 13.3. The average Bonchev–Trinajstić information content (AvgIpc) is 3.27. The first-order chi connectivity index (χ1) is 18.5. The molecule has 2 aromatic rings. The van der Waals surface area contributed by atoms with Crippen LogP contribution in [0.5, 0.6) is 0 Å². The van der Waals surface area contributed by atoms with Crippen molar-refractivity contribution >= 4 is 17.9 Å². The average molecular weight is 515 g/mol. The highest BCUT2D eigenvalue weighted by molar-refractivity contribution is 5.78. The molecule has 1 aliphatic heterocycles. The SMILES string of the molecule is C[C@]12CC(C=N)=C([NH2+]c3cccnc3)C=C1CC[C@@H]2CC(NC(=O)N1CCC(CO)CC1)c1ccccc1. The van der Waals surface area contributed by atoms with Crippen LogP contribution in [0.4, 0.5) is 10.5 Å². The van der Waals surface area contributed by atoms with E-state index in [0.717, 1.165) is 61.0 Å². The Balaban J connectivity index is 1.33. The Morgan fingerprint density at radius 1 is 1.24 bits per heavy atom. The Morgan fingerprint density at radius 2 is 2.03 bits per heavy atom. The van der Waals surface area contributed by atoms with Crippen LogP contribution in [0.15, 0.2) is 77.8 Å². The standard InChI is InChI=1S/C31H39N5O2/c1-31-18-24(19-32)29(34-27-8-5-13-33-20-27)17-26(31)10-9-25(31)16-28(23-6-3-2-4-7-23)35-30(38)36-14-11-22(21-37)12-15-36/h2-8,13,17,19-20,22,25,28,32,34,37H,9-12,14-16,18,21H2,1H3,(H,35,38)/p+1/t25-,28?,31-/m1/s1. The fraction of sp³-hybridized carbons (Fsp3) is 0.452. The van der Waals surface area contributed by atoms with Gasteiger partial charge in [-0.25, -0.2) is 4.79 Å². The molecule has 2 fully saturated rings. The van der Waals surface area contributed by atoms with Crippen LogP contribution >= 0.6 is 0 Å². The van der Waals surface area contributed by atoms with Gasteiger partial charge < -0.3 is 20.7 Å². The van der Waals surface area contributed by atoms with Crippen molar-refractivity contribution < 1.29 is 15.2 Å². The Labute approximate surface area is 225 Å². The second-order valence-electron chi connectivity index (χ2n) is 11.3. The molecule has 1 saturated heterocycles. The number of hydrogen-bond acceptors (Lipinski definition) is 4. The minimum atomic E-state index is -0.0730. The number of hydrogen-bond donors (Lipinski definition) is 4. The van der Waals surface area contributed by atoms with E-state index in [-0.39, 0.29) is 24.1 Å². The summed E-state index contributed by atoms with van der Waals surface area (Å²) >= 11 is 0. The number of allylic oxidation sites excluding steroid dienone is 3. The smallest absolute Gasteiger partial charge is 0.317 e. The lowest BCUT2D eigenvalue weighted by atomic mass is 9.67. The van der Waals surface area contributed by atoms with E-state index in [1.165, 1.54) is 11.8 Å². The predicted molar refractivity (Wildman–Crippen MR) is 149 cm³/mol. The molecule has 0 radical (unpaired) electrons. The summed E-state index contributed by atoms with van der Waals surface area (Å²) in [5, 5.41) is 23.2. The van der Waals surface area contributed by atoms with Crippen LogP contribution in [0.3, 0.4) is 0 Å². The fourth-order valence-electron chi connectivity index (χ4n) is 6.56. The summed E-state index contributed by atoms with van der Waals surface area (Å²) in [5.41, 5.74) is 5.77. The number of fused-ring (bicyclic) bond motifs is 1. The van der Waals surface area contributed by atoms with Crippen LogP contribution in [0, 0.1) is 22.7 Å². The highest BCUT2D eigenvalue weighted by Gasteiger charge is 2.46. The summed E-state index contributed by atoms with van der Waals surface area (Å²) in [7, 11) is 0. The van der Waals surface area contributed by atoms with Gasteiger partial charge in [-0.15, -0.1) is 0 Å². The Kier molecular flexibility index (Phi) is 8.05. The van der Waals surface area contributed by atoms with E-state index in [2.05, 4.69) is 40.8 Å². The number of nitrogens with zero attached hydrogens (tertiary/aromatic N) is 2. The molecule has 7 heteroatoms. The Hall–Kier alpha value is -3.29. The van der Waals surface area contributed by atoms with Gasteiger partial charge in [-0.3, -0.25) is 10.3 Å². The summed E-state index contributed by atoms with van der Waals surface area (Å²) in [6, 6.07) is 14.2. The zero-order valence-corrected chi connectivity index (χ0v) is 22.3. The first kappa shape index (κ1) is 26.3. The van der Waals surface area contributed by atoms with Crippen molar-refractivity contribution in [2.75, 3.05) is 19.7 Å². The third-order valence-corrected chi connectivity index (χ3v) is 9.02. The molecule has 5 N–H and O–H groups in total. The zero-order valence-electron chi connectivity index (χ0n) is 22.3. The van der Waals surface area contributed by atoms with E-state index in [9.17, 15) is 9.90 Å². The van der Waals surface area contributed by atoms with E-state index >= 15 is 0 Å². The van der Waals surface area contributed by atoms with Crippen LogP contribution in [0.1, 0.15) is 57.1 Å². The molecule has 1 aromatic heterocycles. The van der Waals surface area contributed by atoms with Crippen molar-refractivity contribution in [3.63, 3.8) is 0 Å². The van der Waals surface area contributed by atoms with Crippen LogP contribution in [-0.4, -0.2) is 46.9 Å². The first-order valence-electron chi connectivity index (χ1n) is 13.9. The first-order valence-corrected chi connectivity index (χ1v) is 13.9. The van der Waals surface area contributed by atoms with Gasteiger partial charge >= 0.3 is 6.03 Å². The minimum Gasteiger partial charge on any atom is -0.396 e. The number of pyridine rings is 1. The number of nitrogens with one attached hydrogen (secondary N) is 2. The normalized spacial score (nSPS) is 24.5. The monoisotopic (exact) mass is 514 g/mol. The molecule has 1 aromatic carbocycles. The van der Waals surface area contributed by atoms with Crippen molar-refractivity contribution in [3.05, 3.63) is 83.3 Å². The summed E-state index contributed by atoms with van der Waals surface area (Å²) in [6.07, 6.45) is 13.0. The molecule has 3 aliphatic rings. The third kappa shape index (κ3) is 5.59. The molecular weight excluding hydrogens is 474 g/mol. The molecule has 2 amide bonds. The molecule has 1 saturated carbocycles. The third-order valence-electron chi connectivity index (χ3n) is 9.02. The number of piperidine rings is 1. The summed E-state index contributed by atoms with van der Waals surface area (Å²) in [4.78, 5) is 19.5. The molecule has 7 nitrogen and oxygen atoms in total. The minimum absolute atomic E-state index is 0.00812. The van der Waals surface area contributed by atoms with E-state index in [1.807, 2.05) is 41.4 Å². The van der Waals surface area contributed by atoms with Crippen molar-refractivity contribution in [1.82, 2.24) is 15.2 Å². The van der Waals surface area contributed by atoms with Crippen LogP contribution in [0.25, 0.3) is 0 Å². The molecular formula is C31H40N5O2+. The number of urea groups is 1. The molecule has 2 aliphatic carbocycles. The number of aromatic nitrogens is 1. The summed E-state index contributed by atoms with van der Waals surface area (Å²) < 4.78 is 0. The van der Waals surface area contributed by atoms with Gasteiger partial charge in [0, 0.05) is 43.7 Å². The number of carbonyl (C=O) groups is 1. The Morgan fingerprint density at radius 3 is 2.71 bits per heavy atom. The number of quaternary nitrogens is 1. The molecule has 0 spiro atoms. The number of aliphatic hydroxyl groups is 1. The molecule has 38 heavy (non-hydrogen) atoms. The maximum absolute atomic E-state index is 13.3. The van der Waals surface area contributed by atoms with E-state index in [0.29, 0.717) is 24.9 Å². The van der Waals surface area contributed by atoms with Crippen molar-refractivity contribution in [2.45, 2.75) is 51.5 Å². The summed E-state index contributed by atoms with van der Waals surface area (Å²) in [6.45, 7) is 3.93. The second kappa shape index (κ2) is 11.6. The van der Waals surface area contributed by atoms with Gasteiger partial charge in [0.25, 0.3) is 0 Å². The van der Waals surface area contributed by atoms with E-state index in [4.69, 9.17) is 5.41 Å². The highest BCUT2D eigenvalue weighted by Crippen LogP contribution is 2.55. The molecule has 0 bridgehead atoms. The predicted octanol–water partition coefficient (Wildman–Crippen LogP) is 4.47. The number of aliphatic hydroxyl groups excluding tert-OH is 1. The molecule has 5 rings (SSSR count). The van der Waals surface area contributed by atoms with Gasteiger partial charge in [-0.2, -0.15) is 0 Å². The van der Waals surface area contributed by atoms with Gasteiger partial charge in [-0.05, 0) is 73.5 Å². The summed E-state index contributed by atoms with van der Waals surface area (Å²) in [5.74, 6) is 0.699. The van der Waals surface area contributed by atoms with Gasteiger partial charge in [0.15, 0.2) is 5.69 Å². The largest absolute Gasteiger partial charge is 0.396 e. The lowest BCUT2D eigenvalue weighted by Crippen LogP contribution is -2.76. The van der Waals surface area contributed by atoms with Crippen molar-refractivity contribution in [3.8, 4) is 0 Å².